The number of H-pyrrole nitrogens is 1. The number of hydrogen-bond acceptors (Lipinski definition) is 4. The monoisotopic (exact) mass is 320 g/mol. The number of rotatable bonds is 3. The Morgan fingerprint density at radius 3 is 2.83 bits per heavy atom. The van der Waals surface area contributed by atoms with E-state index in [4.69, 9.17) is 4.42 Å². The molecule has 3 heterocycles. The van der Waals surface area contributed by atoms with Crippen molar-refractivity contribution >= 4 is 28.0 Å². The number of imidazole rings is 1. The van der Waals surface area contributed by atoms with Crippen LogP contribution in [0.3, 0.4) is 0 Å². The van der Waals surface area contributed by atoms with E-state index < -0.39 is 0 Å². The molecule has 24 heavy (non-hydrogen) atoms. The van der Waals surface area contributed by atoms with Crippen LogP contribution < -0.4 is 0 Å². The minimum atomic E-state index is -0.203. The topological polar surface area (TPSA) is 75.0 Å². The maximum Gasteiger partial charge on any atom is 0.289 e. The summed E-state index contributed by atoms with van der Waals surface area (Å²) in [6.45, 7) is 2.28. The molecule has 6 heteroatoms. The van der Waals surface area contributed by atoms with Crippen molar-refractivity contribution in [2.24, 2.45) is 0 Å². The zero-order chi connectivity index (χ0) is 16.7. The van der Waals surface area contributed by atoms with Crippen LogP contribution in [-0.4, -0.2) is 32.8 Å². The number of fused-ring (bicyclic) bond motifs is 2. The van der Waals surface area contributed by atoms with E-state index in [1.807, 2.05) is 43.3 Å². The summed E-state index contributed by atoms with van der Waals surface area (Å²) < 4.78 is 5.62. The number of aryl methyl sites for hydroxylation is 1. The van der Waals surface area contributed by atoms with E-state index >= 15 is 0 Å². The van der Waals surface area contributed by atoms with Crippen molar-refractivity contribution in [2.75, 3.05) is 7.05 Å². The summed E-state index contributed by atoms with van der Waals surface area (Å²) in [5, 5.41) is 0. The largest absolute Gasteiger partial charge is 0.449 e. The number of hydrogen-bond donors (Lipinski definition) is 1. The van der Waals surface area contributed by atoms with Crippen molar-refractivity contribution in [1.82, 2.24) is 19.9 Å². The Labute approximate surface area is 138 Å². The van der Waals surface area contributed by atoms with Gasteiger partial charge in [0.15, 0.2) is 11.3 Å². The van der Waals surface area contributed by atoms with Gasteiger partial charge in [-0.05, 0) is 31.2 Å². The lowest BCUT2D eigenvalue weighted by molar-refractivity contribution is 0.0752. The molecule has 0 radical (unpaired) electrons. The quantitative estimate of drug-likeness (QED) is 0.628. The summed E-state index contributed by atoms with van der Waals surface area (Å²) >= 11 is 0. The van der Waals surface area contributed by atoms with Crippen molar-refractivity contribution in [2.45, 2.75) is 13.5 Å². The van der Waals surface area contributed by atoms with Crippen molar-refractivity contribution < 1.29 is 9.21 Å². The number of nitrogens with zero attached hydrogens (tertiary/aromatic N) is 3. The van der Waals surface area contributed by atoms with Crippen molar-refractivity contribution in [3.63, 3.8) is 0 Å². The Kier molecular flexibility index (Phi) is 3.30. The molecule has 0 bridgehead atoms. The molecule has 0 saturated carbocycles. The molecule has 0 fully saturated rings. The number of benzene rings is 1. The van der Waals surface area contributed by atoms with Crippen LogP contribution >= 0.6 is 0 Å². The summed E-state index contributed by atoms with van der Waals surface area (Å²) in [5.41, 5.74) is 4.03. The van der Waals surface area contributed by atoms with Crippen LogP contribution in [0.1, 0.15) is 22.1 Å². The Hall–Kier alpha value is -3.15. The Morgan fingerprint density at radius 1 is 1.17 bits per heavy atom. The van der Waals surface area contributed by atoms with Gasteiger partial charge in [0.25, 0.3) is 5.91 Å². The first-order valence-corrected chi connectivity index (χ1v) is 7.66. The van der Waals surface area contributed by atoms with Gasteiger partial charge in [0, 0.05) is 18.8 Å². The second-order valence-corrected chi connectivity index (χ2v) is 5.81. The molecule has 0 aliphatic heterocycles. The van der Waals surface area contributed by atoms with Crippen LogP contribution in [0.5, 0.6) is 0 Å². The number of aromatic nitrogens is 3. The van der Waals surface area contributed by atoms with Gasteiger partial charge in [0.1, 0.15) is 11.3 Å². The fourth-order valence-corrected chi connectivity index (χ4v) is 2.70. The predicted molar refractivity (Wildman–Crippen MR) is 90.6 cm³/mol. The summed E-state index contributed by atoms with van der Waals surface area (Å²) in [4.78, 5) is 26.2. The summed E-state index contributed by atoms with van der Waals surface area (Å²) in [6, 6.07) is 13.1. The first kappa shape index (κ1) is 14.4. The normalized spacial score (nSPS) is 11.2. The number of para-hydroxylation sites is 2. The Bertz CT molecular complexity index is 1010. The highest BCUT2D eigenvalue weighted by Crippen LogP contribution is 2.19. The number of furan rings is 1. The first-order chi connectivity index (χ1) is 11.6. The van der Waals surface area contributed by atoms with Crippen LogP contribution in [0.4, 0.5) is 0 Å². The van der Waals surface area contributed by atoms with Crippen LogP contribution in [0.15, 0.2) is 46.9 Å². The lowest BCUT2D eigenvalue weighted by Gasteiger charge is -2.13. The maximum atomic E-state index is 12.6. The zero-order valence-corrected chi connectivity index (χ0v) is 13.4. The van der Waals surface area contributed by atoms with Gasteiger partial charge < -0.3 is 14.3 Å². The number of nitrogens with one attached hydrogen (secondary N) is 1. The molecule has 0 saturated heterocycles. The van der Waals surface area contributed by atoms with Crippen molar-refractivity contribution in [1.29, 1.82) is 0 Å². The standard InChI is InChI=1S/C18H16N4O2/c1-11-7-8-15-14(19-11)9-16(24-15)18(23)22(2)10-17-20-12-5-3-4-6-13(12)21-17/h3-9H,10H2,1-2H3,(H,20,21). The Balaban J connectivity index is 1.58. The third-order valence-electron chi connectivity index (χ3n) is 3.90. The average Bonchev–Trinajstić information content (AvgIpc) is 3.16. The van der Waals surface area contributed by atoms with E-state index in [1.165, 1.54) is 0 Å². The smallest absolute Gasteiger partial charge is 0.289 e. The van der Waals surface area contributed by atoms with Gasteiger partial charge in [-0.3, -0.25) is 4.79 Å². The molecule has 0 spiro atoms. The number of carbonyl (C=O) groups excluding carboxylic acids is 1. The second kappa shape index (κ2) is 5.49. The van der Waals surface area contributed by atoms with Gasteiger partial charge in [-0.2, -0.15) is 0 Å². The van der Waals surface area contributed by atoms with Gasteiger partial charge in [0.05, 0.1) is 17.6 Å². The summed E-state index contributed by atoms with van der Waals surface area (Å²) in [6.07, 6.45) is 0. The van der Waals surface area contributed by atoms with E-state index in [-0.39, 0.29) is 11.7 Å². The molecule has 1 N–H and O–H groups in total. The SMILES string of the molecule is Cc1ccc2oc(C(=O)N(C)Cc3nc4ccccc4[nH]3)cc2n1. The highest BCUT2D eigenvalue weighted by atomic mass is 16.3. The fourth-order valence-electron chi connectivity index (χ4n) is 2.70. The van der Waals surface area contributed by atoms with Gasteiger partial charge in [-0.1, -0.05) is 12.1 Å². The van der Waals surface area contributed by atoms with Gasteiger partial charge in [-0.25, -0.2) is 9.97 Å². The molecular weight excluding hydrogens is 304 g/mol. The Morgan fingerprint density at radius 2 is 2.00 bits per heavy atom. The highest BCUT2D eigenvalue weighted by Gasteiger charge is 2.18. The molecule has 0 atom stereocenters. The van der Waals surface area contributed by atoms with E-state index in [0.29, 0.717) is 17.6 Å². The van der Waals surface area contributed by atoms with Crippen LogP contribution in [0.25, 0.3) is 22.1 Å². The molecule has 3 aromatic heterocycles. The molecule has 1 amide bonds. The molecule has 0 unspecified atom stereocenters. The minimum absolute atomic E-state index is 0.203. The molecule has 4 rings (SSSR count). The first-order valence-electron chi connectivity index (χ1n) is 7.66. The third kappa shape index (κ3) is 2.52. The molecule has 0 aliphatic carbocycles. The third-order valence-corrected chi connectivity index (χ3v) is 3.90. The second-order valence-electron chi connectivity index (χ2n) is 5.81. The van der Waals surface area contributed by atoms with E-state index in [9.17, 15) is 4.79 Å². The van der Waals surface area contributed by atoms with E-state index in [0.717, 1.165) is 22.6 Å². The lowest BCUT2D eigenvalue weighted by Crippen LogP contribution is -2.26. The van der Waals surface area contributed by atoms with Gasteiger partial charge in [-0.15, -0.1) is 0 Å². The van der Waals surface area contributed by atoms with Gasteiger partial charge >= 0.3 is 0 Å². The molecule has 120 valence electrons. The molecule has 0 aliphatic rings. The molecule has 6 nitrogen and oxygen atoms in total. The highest BCUT2D eigenvalue weighted by molar-refractivity contribution is 5.95. The van der Waals surface area contributed by atoms with Crippen LogP contribution in [0.2, 0.25) is 0 Å². The number of carbonyl (C=O) groups is 1. The predicted octanol–water partition coefficient (Wildman–Crippen LogP) is 3.28. The zero-order valence-electron chi connectivity index (χ0n) is 13.4. The number of pyridine rings is 1. The molecule has 4 aromatic rings. The van der Waals surface area contributed by atoms with Gasteiger partial charge in [0.2, 0.25) is 0 Å². The van der Waals surface area contributed by atoms with Crippen molar-refractivity contribution in [3.8, 4) is 0 Å². The van der Waals surface area contributed by atoms with E-state index in [1.54, 1.807) is 18.0 Å². The molecular formula is C18H16N4O2. The average molecular weight is 320 g/mol. The molecule has 1 aromatic carbocycles. The van der Waals surface area contributed by atoms with Crippen LogP contribution in [-0.2, 0) is 6.54 Å². The maximum absolute atomic E-state index is 12.6. The van der Waals surface area contributed by atoms with Crippen molar-refractivity contribution in [3.05, 3.63) is 59.7 Å². The summed E-state index contributed by atoms with van der Waals surface area (Å²) in [7, 11) is 1.72. The number of aromatic amines is 1. The lowest BCUT2D eigenvalue weighted by atomic mass is 10.3. The summed E-state index contributed by atoms with van der Waals surface area (Å²) in [5.74, 6) is 0.810. The number of amides is 1. The van der Waals surface area contributed by atoms with Crippen LogP contribution in [0, 0.1) is 6.92 Å². The fraction of sp³-hybridized carbons (Fsp3) is 0.167. The minimum Gasteiger partial charge on any atom is -0.449 e. The van der Waals surface area contributed by atoms with E-state index in [2.05, 4.69) is 15.0 Å².